The number of hydrogen-bond donors (Lipinski definition) is 1. The fraction of sp³-hybridized carbons (Fsp3) is 0.556. The van der Waals surface area contributed by atoms with Crippen LogP contribution < -0.4 is 5.32 Å². The highest BCUT2D eigenvalue weighted by molar-refractivity contribution is 5.34. The zero-order valence-corrected chi connectivity index (χ0v) is 8.05. The van der Waals surface area contributed by atoms with Crippen molar-refractivity contribution in [2.45, 2.75) is 33.2 Å². The normalized spacial score (nSPS) is 11.3. The van der Waals surface area contributed by atoms with Crippen LogP contribution in [0.5, 0.6) is 0 Å². The Morgan fingerprint density at radius 2 is 1.92 bits per heavy atom. The number of hydrogen-bond acceptors (Lipinski definition) is 3. The molecule has 1 heterocycles. The molecule has 66 valence electrons. The number of anilines is 1. The summed E-state index contributed by atoms with van der Waals surface area (Å²) in [6.07, 6.45) is 3.48. The molecule has 1 aromatic rings. The van der Waals surface area contributed by atoms with E-state index in [1.165, 1.54) is 0 Å². The zero-order valence-electron chi connectivity index (χ0n) is 8.05. The summed E-state index contributed by atoms with van der Waals surface area (Å²) in [4.78, 5) is 8.33. The smallest absolute Gasteiger partial charge is 0.145 e. The van der Waals surface area contributed by atoms with Gasteiger partial charge in [-0.15, -0.1) is 0 Å². The number of nitrogens with one attached hydrogen (secondary N) is 1. The molecule has 3 heteroatoms. The molecule has 1 aromatic heterocycles. The number of nitrogens with zero attached hydrogens (tertiary/aromatic N) is 2. The molecular weight excluding hydrogens is 150 g/mol. The van der Waals surface area contributed by atoms with Gasteiger partial charge in [-0.05, 0) is 27.7 Å². The van der Waals surface area contributed by atoms with Crippen LogP contribution in [-0.4, -0.2) is 15.5 Å². The van der Waals surface area contributed by atoms with Crippen molar-refractivity contribution in [2.24, 2.45) is 0 Å². The Labute approximate surface area is 73.2 Å². The van der Waals surface area contributed by atoms with E-state index >= 15 is 0 Å². The van der Waals surface area contributed by atoms with E-state index in [2.05, 4.69) is 36.1 Å². The zero-order chi connectivity index (χ0) is 9.19. The van der Waals surface area contributed by atoms with Gasteiger partial charge in [-0.1, -0.05) is 0 Å². The second-order valence-corrected chi connectivity index (χ2v) is 3.92. The van der Waals surface area contributed by atoms with Crippen molar-refractivity contribution in [1.82, 2.24) is 9.97 Å². The van der Waals surface area contributed by atoms with Crippen LogP contribution in [0, 0.1) is 6.92 Å². The van der Waals surface area contributed by atoms with Gasteiger partial charge < -0.3 is 5.32 Å². The highest BCUT2D eigenvalue weighted by atomic mass is 15.1. The summed E-state index contributed by atoms with van der Waals surface area (Å²) in [5.41, 5.74) is 0.979. The van der Waals surface area contributed by atoms with E-state index in [1.807, 2.05) is 6.92 Å². The SMILES string of the molecule is Cc1cncc(NC(C)(C)C)n1. The fourth-order valence-corrected chi connectivity index (χ4v) is 0.908. The van der Waals surface area contributed by atoms with E-state index in [-0.39, 0.29) is 5.54 Å². The largest absolute Gasteiger partial charge is 0.364 e. The fourth-order valence-electron chi connectivity index (χ4n) is 0.908. The molecule has 1 rings (SSSR count). The van der Waals surface area contributed by atoms with Gasteiger partial charge in [0.15, 0.2) is 0 Å². The van der Waals surface area contributed by atoms with Gasteiger partial charge in [0.2, 0.25) is 0 Å². The lowest BCUT2D eigenvalue weighted by molar-refractivity contribution is 0.629. The molecule has 0 aromatic carbocycles. The Hall–Kier alpha value is -1.12. The van der Waals surface area contributed by atoms with Crippen LogP contribution >= 0.6 is 0 Å². The molecule has 0 bridgehead atoms. The predicted molar refractivity (Wildman–Crippen MR) is 50.1 cm³/mol. The molecule has 0 radical (unpaired) electrons. The minimum absolute atomic E-state index is 0.0441. The Bertz CT molecular complexity index is 263. The van der Waals surface area contributed by atoms with Gasteiger partial charge >= 0.3 is 0 Å². The van der Waals surface area contributed by atoms with E-state index in [1.54, 1.807) is 12.4 Å². The van der Waals surface area contributed by atoms with Gasteiger partial charge in [-0.2, -0.15) is 0 Å². The molecule has 0 fully saturated rings. The van der Waals surface area contributed by atoms with Crippen LogP contribution in [0.15, 0.2) is 12.4 Å². The molecule has 0 aliphatic heterocycles. The van der Waals surface area contributed by atoms with Crippen molar-refractivity contribution in [3.05, 3.63) is 18.1 Å². The minimum atomic E-state index is 0.0441. The van der Waals surface area contributed by atoms with Crippen LogP contribution in [0.3, 0.4) is 0 Å². The van der Waals surface area contributed by atoms with Gasteiger partial charge in [-0.25, -0.2) is 4.98 Å². The molecule has 0 saturated heterocycles. The molecule has 0 aliphatic rings. The Kier molecular flexibility index (Phi) is 2.31. The van der Waals surface area contributed by atoms with Gasteiger partial charge in [0.25, 0.3) is 0 Å². The molecule has 0 atom stereocenters. The molecule has 0 spiro atoms. The van der Waals surface area contributed by atoms with Gasteiger partial charge in [-0.3, -0.25) is 4.98 Å². The van der Waals surface area contributed by atoms with Gasteiger partial charge in [0.05, 0.1) is 11.9 Å². The monoisotopic (exact) mass is 165 g/mol. The first-order chi connectivity index (χ1) is 5.47. The van der Waals surface area contributed by atoms with E-state index in [0.29, 0.717) is 0 Å². The summed E-state index contributed by atoms with van der Waals surface area (Å²) in [5, 5.41) is 3.25. The molecule has 0 unspecified atom stereocenters. The average molecular weight is 165 g/mol. The predicted octanol–water partition coefficient (Wildman–Crippen LogP) is 2.00. The van der Waals surface area contributed by atoms with Crippen molar-refractivity contribution in [3.63, 3.8) is 0 Å². The third kappa shape index (κ3) is 2.86. The number of aromatic nitrogens is 2. The topological polar surface area (TPSA) is 37.8 Å². The van der Waals surface area contributed by atoms with Crippen molar-refractivity contribution < 1.29 is 0 Å². The number of rotatable bonds is 1. The first-order valence-corrected chi connectivity index (χ1v) is 4.04. The summed E-state index contributed by atoms with van der Waals surface area (Å²) in [5.74, 6) is 0.836. The third-order valence-electron chi connectivity index (χ3n) is 1.26. The standard InChI is InChI=1S/C9H15N3/c1-7-5-10-6-8(11-7)12-9(2,3)4/h5-6H,1-4H3,(H,11,12). The van der Waals surface area contributed by atoms with Crippen LogP contribution in [0.25, 0.3) is 0 Å². The maximum atomic E-state index is 4.28. The second kappa shape index (κ2) is 3.09. The van der Waals surface area contributed by atoms with Crippen LogP contribution in [0.1, 0.15) is 26.5 Å². The first-order valence-electron chi connectivity index (χ1n) is 4.04. The van der Waals surface area contributed by atoms with Crippen molar-refractivity contribution in [3.8, 4) is 0 Å². The third-order valence-corrected chi connectivity index (χ3v) is 1.26. The first kappa shape index (κ1) is 8.97. The lowest BCUT2D eigenvalue weighted by atomic mass is 10.1. The highest BCUT2D eigenvalue weighted by Gasteiger charge is 2.09. The van der Waals surface area contributed by atoms with Crippen molar-refractivity contribution in [1.29, 1.82) is 0 Å². The summed E-state index contributed by atoms with van der Waals surface area (Å²) < 4.78 is 0. The minimum Gasteiger partial charge on any atom is -0.364 e. The molecule has 12 heavy (non-hydrogen) atoms. The molecular formula is C9H15N3. The van der Waals surface area contributed by atoms with Crippen molar-refractivity contribution >= 4 is 5.82 Å². The van der Waals surface area contributed by atoms with Crippen LogP contribution in [-0.2, 0) is 0 Å². The highest BCUT2D eigenvalue weighted by Crippen LogP contribution is 2.10. The summed E-state index contributed by atoms with van der Waals surface area (Å²) in [6, 6.07) is 0. The average Bonchev–Trinajstić information content (AvgIpc) is 1.82. The molecule has 1 N–H and O–H groups in total. The second-order valence-electron chi connectivity index (χ2n) is 3.92. The Morgan fingerprint density at radius 1 is 1.25 bits per heavy atom. The molecule has 0 aliphatic carbocycles. The van der Waals surface area contributed by atoms with Crippen molar-refractivity contribution in [2.75, 3.05) is 5.32 Å². The summed E-state index contributed by atoms with van der Waals surface area (Å²) in [7, 11) is 0. The van der Waals surface area contributed by atoms with Crippen LogP contribution in [0.4, 0.5) is 5.82 Å². The van der Waals surface area contributed by atoms with E-state index in [0.717, 1.165) is 11.5 Å². The summed E-state index contributed by atoms with van der Waals surface area (Å²) in [6.45, 7) is 8.21. The lowest BCUT2D eigenvalue weighted by Crippen LogP contribution is -2.26. The quantitative estimate of drug-likeness (QED) is 0.691. The van der Waals surface area contributed by atoms with Crippen LogP contribution in [0.2, 0.25) is 0 Å². The van der Waals surface area contributed by atoms with Gasteiger partial charge in [0.1, 0.15) is 5.82 Å². The summed E-state index contributed by atoms with van der Waals surface area (Å²) >= 11 is 0. The Balaban J connectivity index is 2.77. The molecule has 0 amide bonds. The Morgan fingerprint density at radius 3 is 2.42 bits per heavy atom. The number of aryl methyl sites for hydroxylation is 1. The van der Waals surface area contributed by atoms with E-state index in [9.17, 15) is 0 Å². The molecule has 0 saturated carbocycles. The lowest BCUT2D eigenvalue weighted by Gasteiger charge is -2.20. The maximum absolute atomic E-state index is 4.28. The van der Waals surface area contributed by atoms with E-state index in [4.69, 9.17) is 0 Å². The maximum Gasteiger partial charge on any atom is 0.145 e. The van der Waals surface area contributed by atoms with E-state index < -0.39 is 0 Å². The molecule has 3 nitrogen and oxygen atoms in total. The van der Waals surface area contributed by atoms with Gasteiger partial charge in [0, 0.05) is 11.7 Å².